The number of nitrogens with zero attached hydrogens (tertiary/aromatic N) is 2. The van der Waals surface area contributed by atoms with Crippen LogP contribution in [-0.2, 0) is 35.2 Å². The molecule has 14 nitrogen and oxygen atoms in total. The van der Waals surface area contributed by atoms with E-state index in [1.807, 2.05) is 43.3 Å². The van der Waals surface area contributed by atoms with Gasteiger partial charge in [-0.15, -0.1) is 0 Å². The fourth-order valence-electron chi connectivity index (χ4n) is 5.52. The molecule has 4 unspecified atom stereocenters. The van der Waals surface area contributed by atoms with E-state index < -0.39 is 72.6 Å². The molecular formula is C31H45N7O7. The standard InChI is InChI=1S/C31H45N7O7/c1-18(2)27-30(44)35-22(12-8-9-13-37(3)4)28(42)33-17-25(39)34-23(15-26(40)41)29(43)36-24(31(45)38(27)5)14-19-16-32-21-11-7-6-10-20(19)21/h6-7,10-11,16,18,22-24,27,32H,8-9,12-15,17H2,1-5H3,(H,33,42)(H,34,39)(H,35,44)(H,36,43)(H,40,41). The van der Waals surface area contributed by atoms with E-state index in [2.05, 4.69) is 26.3 Å². The van der Waals surface area contributed by atoms with E-state index in [1.165, 1.54) is 11.9 Å². The number of hydrogen-bond donors (Lipinski definition) is 6. The Kier molecular flexibility index (Phi) is 12.5. The lowest BCUT2D eigenvalue weighted by atomic mass is 9.98. The third-order valence-electron chi connectivity index (χ3n) is 7.81. The van der Waals surface area contributed by atoms with Gasteiger partial charge in [0.2, 0.25) is 29.5 Å². The number of carbonyl (C=O) groups is 6. The minimum absolute atomic E-state index is 0.0215. The highest BCUT2D eigenvalue weighted by Crippen LogP contribution is 2.21. The number of rotatable bonds is 10. The molecule has 4 atom stereocenters. The first kappa shape index (κ1) is 35.0. The average Bonchev–Trinajstić information content (AvgIpc) is 3.38. The number of benzene rings is 1. The molecule has 45 heavy (non-hydrogen) atoms. The first-order chi connectivity index (χ1) is 21.3. The maximum absolute atomic E-state index is 14.1. The number of likely N-dealkylation sites (N-methyl/N-ethyl adjacent to an activating group) is 1. The third kappa shape index (κ3) is 9.76. The number of aliphatic carboxylic acids is 1. The molecule has 0 aliphatic carbocycles. The van der Waals surface area contributed by atoms with Crippen LogP contribution in [0, 0.1) is 5.92 Å². The first-order valence-electron chi connectivity index (χ1n) is 15.1. The van der Waals surface area contributed by atoms with Gasteiger partial charge in [-0.05, 0) is 57.5 Å². The second-order valence-corrected chi connectivity index (χ2v) is 12.1. The van der Waals surface area contributed by atoms with Gasteiger partial charge in [-0.1, -0.05) is 32.0 Å². The molecular weight excluding hydrogens is 582 g/mol. The lowest BCUT2D eigenvalue weighted by Crippen LogP contribution is -2.59. The monoisotopic (exact) mass is 627 g/mol. The number of aromatic nitrogens is 1. The molecule has 0 bridgehead atoms. The van der Waals surface area contributed by atoms with Gasteiger partial charge in [0.25, 0.3) is 0 Å². The Bertz CT molecular complexity index is 1390. The molecule has 1 aliphatic heterocycles. The van der Waals surface area contributed by atoms with Crippen molar-refractivity contribution in [1.29, 1.82) is 0 Å². The summed E-state index contributed by atoms with van der Waals surface area (Å²) in [6.45, 7) is 3.78. The highest BCUT2D eigenvalue weighted by Gasteiger charge is 2.37. The summed E-state index contributed by atoms with van der Waals surface area (Å²) in [5.41, 5.74) is 1.54. The molecule has 3 rings (SSSR count). The van der Waals surface area contributed by atoms with Gasteiger partial charge in [0, 0.05) is 30.6 Å². The zero-order valence-corrected chi connectivity index (χ0v) is 26.5. The molecule has 0 radical (unpaired) electrons. The van der Waals surface area contributed by atoms with Crippen molar-refractivity contribution in [3.8, 4) is 0 Å². The van der Waals surface area contributed by atoms with E-state index in [9.17, 15) is 33.9 Å². The summed E-state index contributed by atoms with van der Waals surface area (Å²) in [5.74, 6) is -5.15. The number of carbonyl (C=O) groups excluding carboxylic acids is 5. The topological polar surface area (TPSA) is 193 Å². The number of carboxylic acid groups (broad SMARTS) is 1. The third-order valence-corrected chi connectivity index (χ3v) is 7.81. The van der Waals surface area contributed by atoms with Gasteiger partial charge in [-0.3, -0.25) is 28.8 Å². The van der Waals surface area contributed by atoms with Gasteiger partial charge in [0.15, 0.2) is 0 Å². The van der Waals surface area contributed by atoms with E-state index in [-0.39, 0.29) is 12.3 Å². The molecule has 2 heterocycles. The van der Waals surface area contributed by atoms with Gasteiger partial charge in [-0.25, -0.2) is 0 Å². The van der Waals surface area contributed by atoms with Gasteiger partial charge in [0.05, 0.1) is 13.0 Å². The molecule has 2 aromatic rings. The van der Waals surface area contributed by atoms with Crippen molar-refractivity contribution in [2.45, 2.75) is 70.1 Å². The number of H-pyrrole nitrogens is 1. The largest absolute Gasteiger partial charge is 0.481 e. The van der Waals surface area contributed by atoms with Crippen molar-refractivity contribution >= 4 is 46.4 Å². The van der Waals surface area contributed by atoms with E-state index in [0.717, 1.165) is 23.9 Å². The number of nitrogens with one attached hydrogen (secondary N) is 5. The summed E-state index contributed by atoms with van der Waals surface area (Å²) < 4.78 is 0. The molecule has 0 saturated carbocycles. The lowest BCUT2D eigenvalue weighted by Gasteiger charge is -2.34. The van der Waals surface area contributed by atoms with E-state index in [0.29, 0.717) is 18.4 Å². The molecule has 1 aromatic heterocycles. The van der Waals surface area contributed by atoms with Crippen molar-refractivity contribution in [2.75, 3.05) is 34.2 Å². The fraction of sp³-hybridized carbons (Fsp3) is 0.548. The van der Waals surface area contributed by atoms with Crippen LogP contribution in [0.5, 0.6) is 0 Å². The van der Waals surface area contributed by atoms with Crippen molar-refractivity contribution in [3.63, 3.8) is 0 Å². The van der Waals surface area contributed by atoms with Crippen LogP contribution in [0.15, 0.2) is 30.5 Å². The van der Waals surface area contributed by atoms with E-state index in [1.54, 1.807) is 20.0 Å². The minimum atomic E-state index is -1.52. The second-order valence-electron chi connectivity index (χ2n) is 12.1. The predicted molar refractivity (Wildman–Crippen MR) is 167 cm³/mol. The summed E-state index contributed by atoms with van der Waals surface area (Å²) in [5, 5.41) is 20.6. The Balaban J connectivity index is 2.00. The van der Waals surface area contributed by atoms with Crippen LogP contribution in [0.2, 0.25) is 0 Å². The molecule has 0 spiro atoms. The molecule has 1 aliphatic rings. The van der Waals surface area contributed by atoms with E-state index >= 15 is 0 Å². The normalized spacial score (nSPS) is 22.5. The van der Waals surface area contributed by atoms with Crippen molar-refractivity contribution in [1.82, 2.24) is 36.1 Å². The summed E-state index contributed by atoms with van der Waals surface area (Å²) in [6.07, 6.45) is 2.66. The number of carboxylic acids is 1. The molecule has 1 aromatic carbocycles. The number of amides is 5. The van der Waals surface area contributed by atoms with Gasteiger partial charge in [0.1, 0.15) is 24.2 Å². The fourth-order valence-corrected chi connectivity index (χ4v) is 5.52. The molecule has 1 fully saturated rings. The zero-order valence-electron chi connectivity index (χ0n) is 26.5. The van der Waals surface area contributed by atoms with Crippen LogP contribution < -0.4 is 21.3 Å². The molecule has 5 amide bonds. The number of fused-ring (bicyclic) bond motifs is 1. The maximum atomic E-state index is 14.1. The smallest absolute Gasteiger partial charge is 0.305 e. The number of unbranched alkanes of at least 4 members (excludes halogenated alkanes) is 1. The quantitative estimate of drug-likeness (QED) is 0.198. The summed E-state index contributed by atoms with van der Waals surface area (Å²) >= 11 is 0. The second kappa shape index (κ2) is 16.0. The minimum Gasteiger partial charge on any atom is -0.481 e. The van der Waals surface area contributed by atoms with Crippen molar-refractivity contribution in [3.05, 3.63) is 36.0 Å². The summed E-state index contributed by atoms with van der Waals surface area (Å²) in [7, 11) is 5.32. The van der Waals surface area contributed by atoms with Gasteiger partial charge in [-0.2, -0.15) is 0 Å². The average molecular weight is 628 g/mol. The van der Waals surface area contributed by atoms with Crippen LogP contribution in [-0.4, -0.2) is 114 Å². The maximum Gasteiger partial charge on any atom is 0.305 e. The SMILES string of the molecule is CC(C)C1C(=O)NC(CCCCN(C)C)C(=O)NCC(=O)NC(CC(=O)O)C(=O)NC(Cc2c[nH]c3ccccc23)C(=O)N1C. The molecule has 1 saturated heterocycles. The van der Waals surface area contributed by atoms with Gasteiger partial charge < -0.3 is 41.2 Å². The Labute approximate surface area is 262 Å². The molecule has 6 N–H and O–H groups in total. The Hall–Kier alpha value is -4.46. The Morgan fingerprint density at radius 1 is 0.956 bits per heavy atom. The van der Waals surface area contributed by atoms with Crippen molar-refractivity contribution < 1.29 is 33.9 Å². The lowest BCUT2D eigenvalue weighted by molar-refractivity contribution is -0.144. The van der Waals surface area contributed by atoms with Crippen LogP contribution in [0.25, 0.3) is 10.9 Å². The number of para-hydroxylation sites is 1. The Morgan fingerprint density at radius 3 is 2.31 bits per heavy atom. The highest BCUT2D eigenvalue weighted by atomic mass is 16.4. The summed E-state index contributed by atoms with van der Waals surface area (Å²) in [6, 6.07) is 2.70. The first-order valence-corrected chi connectivity index (χ1v) is 15.1. The van der Waals surface area contributed by atoms with Crippen LogP contribution in [0.1, 0.15) is 45.1 Å². The van der Waals surface area contributed by atoms with Gasteiger partial charge >= 0.3 is 5.97 Å². The number of aromatic amines is 1. The zero-order chi connectivity index (χ0) is 33.3. The highest BCUT2D eigenvalue weighted by molar-refractivity contribution is 5.98. The Morgan fingerprint density at radius 2 is 1.64 bits per heavy atom. The van der Waals surface area contributed by atoms with Crippen LogP contribution >= 0.6 is 0 Å². The van der Waals surface area contributed by atoms with E-state index in [4.69, 9.17) is 0 Å². The number of hydrogen-bond acceptors (Lipinski definition) is 7. The van der Waals surface area contributed by atoms with Crippen molar-refractivity contribution in [2.24, 2.45) is 5.92 Å². The van der Waals surface area contributed by atoms with Crippen LogP contribution in [0.3, 0.4) is 0 Å². The summed E-state index contributed by atoms with van der Waals surface area (Å²) in [4.78, 5) is 85.2. The molecule has 14 heteroatoms. The molecule has 246 valence electrons. The van der Waals surface area contributed by atoms with Crippen LogP contribution in [0.4, 0.5) is 0 Å². The predicted octanol–water partition coefficient (Wildman–Crippen LogP) is -0.0158.